The molecule has 0 saturated heterocycles. The number of carbonyl (C=O) groups excluding carboxylic acids is 2. The lowest BCUT2D eigenvalue weighted by Gasteiger charge is -2.17. The number of aliphatic carboxylic acids is 1. The summed E-state index contributed by atoms with van der Waals surface area (Å²) in [6.45, 7) is 0.307. The molecule has 2 aliphatic rings. The highest BCUT2D eigenvalue weighted by Crippen LogP contribution is 2.29. The molecule has 0 aliphatic carbocycles. The summed E-state index contributed by atoms with van der Waals surface area (Å²) in [5.41, 5.74) is 0.892. The highest BCUT2D eigenvalue weighted by molar-refractivity contribution is 6.40. The minimum absolute atomic E-state index is 0.0276. The van der Waals surface area contributed by atoms with Gasteiger partial charge >= 0.3 is 5.97 Å². The molecule has 4 rings (SSSR count). The van der Waals surface area contributed by atoms with Gasteiger partial charge < -0.3 is 15.1 Å². The minimum Gasteiger partial charge on any atom is -0.505 e. The first-order valence-electron chi connectivity index (χ1n) is 8.99. The van der Waals surface area contributed by atoms with Crippen LogP contribution in [0, 0.1) is 11.7 Å². The number of halogens is 1. The van der Waals surface area contributed by atoms with Crippen molar-refractivity contribution in [2.45, 2.75) is 13.0 Å². The summed E-state index contributed by atoms with van der Waals surface area (Å²) in [5.74, 6) is -4.13. The third-order valence-electron chi connectivity index (χ3n) is 5.26. The highest BCUT2D eigenvalue weighted by Gasteiger charge is 2.36. The molecule has 2 heterocycles. The number of phenolic OH excluding ortho intramolecular Hbond substituents is 1. The molecule has 0 aromatic heterocycles. The van der Waals surface area contributed by atoms with Crippen LogP contribution in [0.2, 0.25) is 0 Å². The molecule has 2 N–H and O–H groups in total. The monoisotopic (exact) mass is 396 g/mol. The molecule has 0 spiro atoms. The molecule has 7 nitrogen and oxygen atoms in total. The second-order valence-electron chi connectivity index (χ2n) is 7.23. The molecule has 8 heteroatoms. The van der Waals surface area contributed by atoms with E-state index in [0.717, 1.165) is 5.56 Å². The van der Waals surface area contributed by atoms with Crippen LogP contribution in [0.5, 0.6) is 5.75 Å². The largest absolute Gasteiger partial charge is 0.505 e. The predicted octanol–water partition coefficient (Wildman–Crippen LogP) is 0.657. The number of amides is 1. The number of carboxylic acid groups (broad SMARTS) is 1. The van der Waals surface area contributed by atoms with E-state index in [1.165, 1.54) is 24.1 Å². The molecule has 2 aromatic rings. The van der Waals surface area contributed by atoms with Crippen molar-refractivity contribution in [3.05, 3.63) is 62.9 Å². The first kappa shape index (κ1) is 18.8. The van der Waals surface area contributed by atoms with Crippen LogP contribution in [0.1, 0.15) is 31.8 Å². The van der Waals surface area contributed by atoms with Crippen LogP contribution in [0.3, 0.4) is 0 Å². The maximum Gasteiger partial charge on any atom is 0.377 e. The highest BCUT2D eigenvalue weighted by atomic mass is 19.1. The number of carboxylic acids is 1. The Bertz CT molecular complexity index is 1190. The fourth-order valence-corrected chi connectivity index (χ4v) is 3.92. The lowest BCUT2D eigenvalue weighted by Crippen LogP contribution is -2.40. The van der Waals surface area contributed by atoms with E-state index in [1.54, 1.807) is 18.2 Å². The second-order valence-corrected chi connectivity index (χ2v) is 7.23. The Morgan fingerprint density at radius 2 is 1.97 bits per heavy atom. The Balaban J connectivity index is 1.90. The molecule has 0 bridgehead atoms. The number of fused-ring (bicyclic) bond motifs is 2. The van der Waals surface area contributed by atoms with Gasteiger partial charge in [-0.1, -0.05) is 18.2 Å². The van der Waals surface area contributed by atoms with Crippen molar-refractivity contribution in [1.82, 2.24) is 4.90 Å². The first-order chi connectivity index (χ1) is 13.8. The number of phenols is 1. The van der Waals surface area contributed by atoms with E-state index in [-0.39, 0.29) is 57.8 Å². The van der Waals surface area contributed by atoms with E-state index in [4.69, 9.17) is 0 Å². The van der Waals surface area contributed by atoms with Crippen molar-refractivity contribution < 1.29 is 29.0 Å². The summed E-state index contributed by atoms with van der Waals surface area (Å²) in [7, 11) is 1.51. The average Bonchev–Trinajstić information content (AvgIpc) is 2.98. The van der Waals surface area contributed by atoms with Crippen molar-refractivity contribution in [2.24, 2.45) is 10.9 Å². The zero-order valence-corrected chi connectivity index (χ0v) is 15.5. The lowest BCUT2D eigenvalue weighted by molar-refractivity contribution is -0.131. The van der Waals surface area contributed by atoms with Crippen LogP contribution in [-0.4, -0.2) is 46.4 Å². The summed E-state index contributed by atoms with van der Waals surface area (Å²) < 4.78 is 13.1. The molecular weight excluding hydrogens is 379 g/mol. The van der Waals surface area contributed by atoms with Gasteiger partial charge in [0.15, 0.2) is 5.75 Å². The van der Waals surface area contributed by atoms with Crippen molar-refractivity contribution in [1.29, 1.82) is 0 Å². The van der Waals surface area contributed by atoms with Gasteiger partial charge in [-0.05, 0) is 24.1 Å². The number of ketones is 1. The van der Waals surface area contributed by atoms with Gasteiger partial charge in [-0.15, -0.1) is 0 Å². The molecule has 2 aromatic carbocycles. The number of benzene rings is 2. The smallest absolute Gasteiger partial charge is 0.377 e. The Morgan fingerprint density at radius 1 is 1.28 bits per heavy atom. The van der Waals surface area contributed by atoms with Crippen molar-refractivity contribution in [2.75, 3.05) is 13.6 Å². The van der Waals surface area contributed by atoms with Crippen LogP contribution in [-0.2, 0) is 17.8 Å². The Labute approximate surface area is 164 Å². The molecule has 2 aliphatic heterocycles. The zero-order valence-electron chi connectivity index (χ0n) is 15.5. The fraction of sp³-hybridized carbons (Fsp3) is 0.238. The van der Waals surface area contributed by atoms with Crippen molar-refractivity contribution >= 4 is 23.7 Å². The number of Topliss-reactive ketones (excluding diaryl/α,β-unsaturated/α-hetero) is 1. The number of hydrogen-bond acceptors (Lipinski definition) is 5. The maximum absolute atomic E-state index is 13.1. The SMILES string of the molecule is CN1Cc2c(c(O)c3c(c2C(=O)C(=O)O)=CC(Cc2ccc(F)cc2)CN=3)C1=O. The van der Waals surface area contributed by atoms with Gasteiger partial charge in [0.1, 0.15) is 11.2 Å². The number of rotatable bonds is 4. The minimum atomic E-state index is -1.64. The summed E-state index contributed by atoms with van der Waals surface area (Å²) in [5, 5.41) is 20.2. The summed E-state index contributed by atoms with van der Waals surface area (Å²) in [4.78, 5) is 42.0. The topological polar surface area (TPSA) is 107 Å². The van der Waals surface area contributed by atoms with Gasteiger partial charge in [-0.25, -0.2) is 9.18 Å². The van der Waals surface area contributed by atoms with Crippen LogP contribution in [0.25, 0.3) is 6.08 Å². The van der Waals surface area contributed by atoms with Crippen LogP contribution in [0.4, 0.5) is 4.39 Å². The predicted molar refractivity (Wildman–Crippen MR) is 99.6 cm³/mol. The number of hydrogen-bond donors (Lipinski definition) is 2. The molecule has 1 unspecified atom stereocenters. The molecule has 0 saturated carbocycles. The Hall–Kier alpha value is -3.55. The van der Waals surface area contributed by atoms with Gasteiger partial charge in [0.05, 0.1) is 5.56 Å². The van der Waals surface area contributed by atoms with Crippen LogP contribution in [0.15, 0.2) is 29.3 Å². The van der Waals surface area contributed by atoms with Gasteiger partial charge in [-0.3, -0.25) is 14.6 Å². The number of carbonyl (C=O) groups is 3. The molecule has 0 radical (unpaired) electrons. The molecular formula is C21H17FN2O5. The molecule has 29 heavy (non-hydrogen) atoms. The summed E-state index contributed by atoms with van der Waals surface area (Å²) >= 11 is 0. The van der Waals surface area contributed by atoms with E-state index >= 15 is 0 Å². The zero-order chi connectivity index (χ0) is 20.9. The average molecular weight is 396 g/mol. The van der Waals surface area contributed by atoms with E-state index in [9.17, 15) is 29.0 Å². The fourth-order valence-electron chi connectivity index (χ4n) is 3.92. The van der Waals surface area contributed by atoms with Crippen molar-refractivity contribution in [3.8, 4) is 5.75 Å². The van der Waals surface area contributed by atoms with Crippen LogP contribution < -0.4 is 10.6 Å². The van der Waals surface area contributed by atoms with E-state index in [1.807, 2.05) is 0 Å². The second kappa shape index (κ2) is 6.80. The molecule has 0 fully saturated rings. The first-order valence-corrected chi connectivity index (χ1v) is 8.99. The van der Waals surface area contributed by atoms with E-state index in [0.29, 0.717) is 6.42 Å². The van der Waals surface area contributed by atoms with Crippen LogP contribution >= 0.6 is 0 Å². The Kier molecular flexibility index (Phi) is 4.41. The molecule has 1 amide bonds. The third kappa shape index (κ3) is 3.06. The summed E-state index contributed by atoms with van der Waals surface area (Å²) in [6.07, 6.45) is 2.21. The van der Waals surface area contributed by atoms with E-state index < -0.39 is 17.7 Å². The standard InChI is InChI=1S/C21H17FN2O5/c1-24-9-14-15(19(26)21(28)29)13-7-11(6-10-2-4-12(22)5-3-10)8-23-17(13)18(25)16(14)20(24)27/h2-5,7,11,25H,6,8-9H2,1H3,(H,28,29). The van der Waals surface area contributed by atoms with Gasteiger partial charge in [0.2, 0.25) is 0 Å². The number of nitrogens with zero attached hydrogens (tertiary/aromatic N) is 2. The van der Waals surface area contributed by atoms with E-state index in [2.05, 4.69) is 4.99 Å². The summed E-state index contributed by atoms with van der Waals surface area (Å²) in [6, 6.07) is 6.00. The molecule has 148 valence electrons. The number of aromatic hydroxyl groups is 1. The quantitative estimate of drug-likeness (QED) is 0.583. The van der Waals surface area contributed by atoms with Gasteiger partial charge in [0.25, 0.3) is 11.7 Å². The van der Waals surface area contributed by atoms with Crippen molar-refractivity contribution in [3.63, 3.8) is 0 Å². The lowest BCUT2D eigenvalue weighted by atomic mass is 9.90. The molecule has 1 atom stereocenters. The van der Waals surface area contributed by atoms with Gasteiger partial charge in [-0.2, -0.15) is 0 Å². The van der Waals surface area contributed by atoms with Gasteiger partial charge in [0, 0.05) is 42.4 Å². The Morgan fingerprint density at radius 3 is 2.62 bits per heavy atom. The normalized spacial score (nSPS) is 17.2. The third-order valence-corrected chi connectivity index (χ3v) is 5.26. The maximum atomic E-state index is 13.1.